The van der Waals surface area contributed by atoms with E-state index >= 15 is 0 Å². The maximum absolute atomic E-state index is 12.0. The van der Waals surface area contributed by atoms with E-state index in [1.54, 1.807) is 24.3 Å². The smallest absolute Gasteiger partial charge is 0.243 e. The van der Waals surface area contributed by atoms with Gasteiger partial charge in [-0.2, -0.15) is 0 Å². The number of imide groups is 1. The zero-order valence-electron chi connectivity index (χ0n) is 10.6. The molecule has 6 nitrogen and oxygen atoms in total. The second kappa shape index (κ2) is 4.68. The Kier molecular flexibility index (Phi) is 3.10. The molecule has 0 radical (unpaired) electrons. The molecule has 1 fully saturated rings. The zero-order valence-corrected chi connectivity index (χ0v) is 11.4. The molecule has 106 valence electrons. The third-order valence-electron chi connectivity index (χ3n) is 3.66. The molecule has 0 aliphatic carbocycles. The van der Waals surface area contributed by atoms with Crippen molar-refractivity contribution in [2.75, 3.05) is 5.75 Å². The number of sulfone groups is 1. The average Bonchev–Trinajstić information content (AvgIpc) is 2.65. The quantitative estimate of drug-likeness (QED) is 0.744. The van der Waals surface area contributed by atoms with Crippen molar-refractivity contribution < 1.29 is 18.0 Å². The van der Waals surface area contributed by atoms with Gasteiger partial charge in [-0.3, -0.25) is 20.2 Å². The minimum atomic E-state index is -3.29. The highest BCUT2D eigenvalue weighted by Crippen LogP contribution is 2.33. The molecule has 20 heavy (non-hydrogen) atoms. The predicted molar refractivity (Wildman–Crippen MR) is 70.5 cm³/mol. The number of hydrogen-bond donors (Lipinski definition) is 2. The highest BCUT2D eigenvalue weighted by molar-refractivity contribution is 7.91. The first kappa shape index (κ1) is 13.3. The number of nitrogens with one attached hydrogen (secondary N) is 2. The molecule has 0 aromatic heterocycles. The van der Waals surface area contributed by atoms with E-state index in [2.05, 4.69) is 10.6 Å². The van der Waals surface area contributed by atoms with Crippen LogP contribution < -0.4 is 10.6 Å². The van der Waals surface area contributed by atoms with E-state index in [-0.39, 0.29) is 24.0 Å². The van der Waals surface area contributed by atoms with E-state index in [9.17, 15) is 18.0 Å². The van der Waals surface area contributed by atoms with Gasteiger partial charge in [0.25, 0.3) is 0 Å². The van der Waals surface area contributed by atoms with Gasteiger partial charge in [0, 0.05) is 12.5 Å². The van der Waals surface area contributed by atoms with Gasteiger partial charge >= 0.3 is 0 Å². The maximum Gasteiger partial charge on any atom is 0.243 e. The van der Waals surface area contributed by atoms with E-state index in [1.807, 2.05) is 0 Å². The van der Waals surface area contributed by atoms with Crippen LogP contribution in [0.4, 0.5) is 0 Å². The van der Waals surface area contributed by atoms with Crippen molar-refractivity contribution in [3.8, 4) is 0 Å². The summed E-state index contributed by atoms with van der Waals surface area (Å²) in [6, 6.07) is 5.86. The average molecular weight is 294 g/mol. The highest BCUT2D eigenvalue weighted by Gasteiger charge is 2.37. The van der Waals surface area contributed by atoms with Crippen molar-refractivity contribution in [2.24, 2.45) is 0 Å². The molecule has 2 amide bonds. The fourth-order valence-corrected chi connectivity index (χ4v) is 4.43. The Morgan fingerprint density at radius 3 is 2.65 bits per heavy atom. The normalized spacial score (nSPS) is 28.0. The minimum absolute atomic E-state index is 0.0515. The lowest BCUT2D eigenvalue weighted by Gasteiger charge is -2.25. The number of fused-ring (bicyclic) bond motifs is 1. The van der Waals surface area contributed by atoms with Crippen LogP contribution in [-0.4, -0.2) is 32.0 Å². The van der Waals surface area contributed by atoms with Crippen LogP contribution in [0.5, 0.6) is 0 Å². The fraction of sp³-hybridized carbons (Fsp3) is 0.385. The Bertz CT molecular complexity index is 683. The Morgan fingerprint density at radius 1 is 1.15 bits per heavy atom. The van der Waals surface area contributed by atoms with Crippen molar-refractivity contribution in [1.29, 1.82) is 0 Å². The second-order valence-electron chi connectivity index (χ2n) is 5.04. The monoisotopic (exact) mass is 294 g/mol. The summed E-state index contributed by atoms with van der Waals surface area (Å²) in [6.45, 7) is 0. The topological polar surface area (TPSA) is 92.3 Å². The summed E-state index contributed by atoms with van der Waals surface area (Å²) in [4.78, 5) is 23.1. The van der Waals surface area contributed by atoms with Gasteiger partial charge in [-0.15, -0.1) is 0 Å². The number of benzene rings is 1. The van der Waals surface area contributed by atoms with Crippen LogP contribution >= 0.6 is 0 Å². The molecular weight excluding hydrogens is 280 g/mol. The maximum atomic E-state index is 12.0. The molecule has 2 atom stereocenters. The van der Waals surface area contributed by atoms with Crippen molar-refractivity contribution in [2.45, 2.75) is 29.8 Å². The SMILES string of the molecule is O=C1CCC(NC2CS(=O)(=O)c3ccccc32)C(=O)N1. The summed E-state index contributed by atoms with van der Waals surface area (Å²) in [7, 11) is -3.29. The van der Waals surface area contributed by atoms with Gasteiger partial charge in [0.15, 0.2) is 9.84 Å². The first-order valence-corrected chi connectivity index (χ1v) is 8.04. The lowest BCUT2D eigenvalue weighted by molar-refractivity contribution is -0.134. The summed E-state index contributed by atoms with van der Waals surface area (Å²) < 4.78 is 24.1. The third-order valence-corrected chi connectivity index (χ3v) is 5.47. The van der Waals surface area contributed by atoms with E-state index in [4.69, 9.17) is 0 Å². The van der Waals surface area contributed by atoms with Gasteiger partial charge < -0.3 is 0 Å². The molecule has 0 saturated carbocycles. The standard InChI is InChI=1S/C13H14N2O4S/c16-12-6-5-9(13(17)15-12)14-10-7-20(18,19)11-4-2-1-3-8(10)11/h1-4,9-10,14H,5-7H2,(H,15,16,17). The molecule has 1 aromatic rings. The van der Waals surface area contributed by atoms with Gasteiger partial charge in [-0.1, -0.05) is 18.2 Å². The molecule has 3 rings (SSSR count). The summed E-state index contributed by atoms with van der Waals surface area (Å²) in [5.41, 5.74) is 0.692. The van der Waals surface area contributed by atoms with Gasteiger partial charge in [0.1, 0.15) is 0 Å². The Morgan fingerprint density at radius 2 is 1.90 bits per heavy atom. The number of hydrogen-bond acceptors (Lipinski definition) is 5. The van der Waals surface area contributed by atoms with Gasteiger partial charge in [-0.05, 0) is 18.1 Å². The van der Waals surface area contributed by atoms with Crippen molar-refractivity contribution in [1.82, 2.24) is 10.6 Å². The number of carbonyl (C=O) groups is 2. The largest absolute Gasteiger partial charge is 0.298 e. The van der Waals surface area contributed by atoms with Crippen LogP contribution in [0, 0.1) is 0 Å². The van der Waals surface area contributed by atoms with Crippen LogP contribution in [0.2, 0.25) is 0 Å². The molecular formula is C13H14N2O4S. The Balaban J connectivity index is 1.83. The predicted octanol–water partition coefficient (Wildman–Crippen LogP) is -0.0902. The molecule has 0 bridgehead atoms. The van der Waals surface area contributed by atoms with Crippen molar-refractivity contribution in [3.05, 3.63) is 29.8 Å². The van der Waals surface area contributed by atoms with E-state index in [0.29, 0.717) is 16.9 Å². The molecule has 0 spiro atoms. The summed E-state index contributed by atoms with van der Waals surface area (Å²) in [6.07, 6.45) is 0.661. The van der Waals surface area contributed by atoms with Crippen molar-refractivity contribution in [3.63, 3.8) is 0 Å². The van der Waals surface area contributed by atoms with Crippen molar-refractivity contribution >= 4 is 21.7 Å². The van der Waals surface area contributed by atoms with Gasteiger partial charge in [0.05, 0.1) is 16.7 Å². The number of carbonyl (C=O) groups excluding carboxylic acids is 2. The van der Waals surface area contributed by atoms with E-state index < -0.39 is 21.9 Å². The molecule has 2 aliphatic heterocycles. The molecule has 1 saturated heterocycles. The first-order valence-electron chi connectivity index (χ1n) is 6.39. The summed E-state index contributed by atoms with van der Waals surface area (Å²) in [5, 5.41) is 5.31. The number of rotatable bonds is 2. The minimum Gasteiger partial charge on any atom is -0.298 e. The van der Waals surface area contributed by atoms with Gasteiger partial charge in [-0.25, -0.2) is 8.42 Å². The van der Waals surface area contributed by atoms with Crippen LogP contribution in [0.25, 0.3) is 0 Å². The summed E-state index contributed by atoms with van der Waals surface area (Å²) in [5.74, 6) is -0.722. The highest BCUT2D eigenvalue weighted by atomic mass is 32.2. The molecule has 2 unspecified atom stereocenters. The van der Waals surface area contributed by atoms with E-state index in [1.165, 1.54) is 0 Å². The second-order valence-corrected chi connectivity index (χ2v) is 7.04. The van der Waals surface area contributed by atoms with Crippen LogP contribution in [0.3, 0.4) is 0 Å². The fourth-order valence-electron chi connectivity index (χ4n) is 2.68. The third kappa shape index (κ3) is 2.23. The van der Waals surface area contributed by atoms with Crippen LogP contribution in [0.15, 0.2) is 29.2 Å². The van der Waals surface area contributed by atoms with Crippen LogP contribution in [0.1, 0.15) is 24.4 Å². The molecule has 7 heteroatoms. The zero-order chi connectivity index (χ0) is 14.3. The lowest BCUT2D eigenvalue weighted by atomic mass is 10.0. The number of amides is 2. The first-order chi connectivity index (χ1) is 9.47. The lowest BCUT2D eigenvalue weighted by Crippen LogP contribution is -2.51. The van der Waals surface area contributed by atoms with Crippen LogP contribution in [-0.2, 0) is 19.4 Å². The molecule has 2 N–H and O–H groups in total. The van der Waals surface area contributed by atoms with E-state index in [0.717, 1.165) is 0 Å². The molecule has 1 aromatic carbocycles. The molecule has 2 heterocycles. The Labute approximate surface area is 116 Å². The Hall–Kier alpha value is -1.73. The summed E-state index contributed by atoms with van der Waals surface area (Å²) >= 11 is 0. The van der Waals surface area contributed by atoms with Gasteiger partial charge in [0.2, 0.25) is 11.8 Å². The number of piperidine rings is 1. The molecule has 2 aliphatic rings.